The Hall–Kier alpha value is -2.32. The van der Waals surface area contributed by atoms with Crippen LogP contribution in [0.5, 0.6) is 11.5 Å². The fourth-order valence-corrected chi connectivity index (χ4v) is 4.08. The van der Waals surface area contributed by atoms with Crippen LogP contribution in [-0.2, 0) is 0 Å². The van der Waals surface area contributed by atoms with Gasteiger partial charge in [0.15, 0.2) is 11.5 Å². The van der Waals surface area contributed by atoms with Crippen molar-refractivity contribution in [2.24, 2.45) is 0 Å². The van der Waals surface area contributed by atoms with E-state index in [4.69, 9.17) is 13.9 Å². The lowest BCUT2D eigenvalue weighted by atomic mass is 10.1. The first-order chi connectivity index (χ1) is 12.8. The molecule has 0 spiro atoms. The fraction of sp³-hybridized carbons (Fsp3) is 0.389. The fourth-order valence-electron chi connectivity index (χ4n) is 3.15. The number of benzene rings is 1. The molecule has 0 unspecified atom stereocenters. The van der Waals surface area contributed by atoms with Crippen molar-refractivity contribution in [2.75, 3.05) is 43.2 Å². The van der Waals surface area contributed by atoms with Gasteiger partial charge >= 0.3 is 6.03 Å². The van der Waals surface area contributed by atoms with E-state index in [1.165, 1.54) is 0 Å². The number of amides is 2. The third-order valence-electron chi connectivity index (χ3n) is 4.50. The monoisotopic (exact) mass is 375 g/mol. The molecule has 2 N–H and O–H groups in total. The number of nitrogens with zero attached hydrogens (tertiary/aromatic N) is 1. The van der Waals surface area contributed by atoms with Crippen molar-refractivity contribution in [2.45, 2.75) is 6.04 Å². The van der Waals surface area contributed by atoms with E-state index in [0.29, 0.717) is 23.7 Å². The van der Waals surface area contributed by atoms with Crippen molar-refractivity contribution in [3.63, 3.8) is 0 Å². The van der Waals surface area contributed by atoms with Gasteiger partial charge < -0.3 is 24.5 Å². The number of carbonyl (C=O) groups excluding carboxylic acids is 1. The van der Waals surface area contributed by atoms with E-state index in [1.54, 1.807) is 30.7 Å². The lowest BCUT2D eigenvalue weighted by Crippen LogP contribution is -2.42. The van der Waals surface area contributed by atoms with Gasteiger partial charge in [-0.15, -0.1) is 0 Å². The van der Waals surface area contributed by atoms with Crippen molar-refractivity contribution >= 4 is 23.5 Å². The Morgan fingerprint density at radius 3 is 2.85 bits per heavy atom. The average Bonchev–Trinajstić information content (AvgIpc) is 3.34. The molecule has 138 valence electrons. The van der Waals surface area contributed by atoms with Crippen LogP contribution in [0.3, 0.4) is 0 Å². The molecular weight excluding hydrogens is 354 g/mol. The van der Waals surface area contributed by atoms with Crippen LogP contribution in [0.2, 0.25) is 0 Å². The molecule has 7 nitrogen and oxygen atoms in total. The lowest BCUT2D eigenvalue weighted by Gasteiger charge is -2.33. The van der Waals surface area contributed by atoms with Crippen LogP contribution in [-0.4, -0.2) is 48.9 Å². The van der Waals surface area contributed by atoms with E-state index in [1.807, 2.05) is 17.8 Å². The highest BCUT2D eigenvalue weighted by Crippen LogP contribution is 2.34. The number of urea groups is 1. The normalized spacial score (nSPS) is 17.7. The van der Waals surface area contributed by atoms with Crippen LogP contribution >= 0.6 is 11.8 Å². The molecule has 1 atom stereocenters. The van der Waals surface area contributed by atoms with Crippen molar-refractivity contribution in [1.29, 1.82) is 0 Å². The average molecular weight is 375 g/mol. The molecule has 2 aromatic rings. The van der Waals surface area contributed by atoms with E-state index in [2.05, 4.69) is 15.5 Å². The van der Waals surface area contributed by atoms with E-state index in [0.717, 1.165) is 30.2 Å². The number of fused-ring (bicyclic) bond motifs is 1. The molecule has 1 saturated heterocycles. The molecule has 1 aromatic carbocycles. The Labute approximate surface area is 156 Å². The molecule has 8 heteroatoms. The molecule has 3 heterocycles. The number of ether oxygens (including phenoxy) is 2. The molecular formula is C18H21N3O4S. The van der Waals surface area contributed by atoms with E-state index in [-0.39, 0.29) is 18.9 Å². The Kier molecular flexibility index (Phi) is 5.21. The number of anilines is 1. The Bertz CT molecular complexity index is 747. The third kappa shape index (κ3) is 3.91. The highest BCUT2D eigenvalue weighted by atomic mass is 32.2. The summed E-state index contributed by atoms with van der Waals surface area (Å²) in [5.74, 6) is 3.55. The second-order valence-electron chi connectivity index (χ2n) is 6.12. The SMILES string of the molecule is O=C(NC[C@H](c1ccoc1)N1CCSCC1)Nc1ccc2c(c1)OCO2. The van der Waals surface area contributed by atoms with Gasteiger partial charge in [0.1, 0.15) is 0 Å². The Morgan fingerprint density at radius 1 is 1.19 bits per heavy atom. The minimum atomic E-state index is -0.247. The number of furan rings is 1. The van der Waals surface area contributed by atoms with Crippen LogP contribution in [0.1, 0.15) is 11.6 Å². The molecule has 2 amide bonds. The summed E-state index contributed by atoms with van der Waals surface area (Å²) >= 11 is 1.96. The van der Waals surface area contributed by atoms with Crippen LogP contribution in [0, 0.1) is 0 Å². The number of hydrogen-bond donors (Lipinski definition) is 2. The molecule has 4 rings (SSSR count). The van der Waals surface area contributed by atoms with Crippen LogP contribution in [0.4, 0.5) is 10.5 Å². The summed E-state index contributed by atoms with van der Waals surface area (Å²) < 4.78 is 15.9. The topological polar surface area (TPSA) is 76.0 Å². The number of thioether (sulfide) groups is 1. The van der Waals surface area contributed by atoms with Crippen molar-refractivity contribution in [3.8, 4) is 11.5 Å². The Morgan fingerprint density at radius 2 is 2.04 bits per heavy atom. The summed E-state index contributed by atoms with van der Waals surface area (Å²) in [6, 6.07) is 7.17. The molecule has 1 fully saturated rings. The molecule has 1 aromatic heterocycles. The van der Waals surface area contributed by atoms with Crippen molar-refractivity contribution < 1.29 is 18.7 Å². The summed E-state index contributed by atoms with van der Waals surface area (Å²) in [5, 5.41) is 5.82. The van der Waals surface area contributed by atoms with E-state index in [9.17, 15) is 4.79 Å². The molecule has 0 saturated carbocycles. The van der Waals surface area contributed by atoms with Gasteiger partial charge in [0.25, 0.3) is 0 Å². The van der Waals surface area contributed by atoms with Gasteiger partial charge in [-0.05, 0) is 18.2 Å². The largest absolute Gasteiger partial charge is 0.472 e. The summed E-state index contributed by atoms with van der Waals surface area (Å²) in [7, 11) is 0. The highest BCUT2D eigenvalue weighted by molar-refractivity contribution is 7.99. The summed E-state index contributed by atoms with van der Waals surface area (Å²) in [6.07, 6.45) is 3.43. The van der Waals surface area contributed by atoms with E-state index >= 15 is 0 Å². The van der Waals surface area contributed by atoms with Crippen LogP contribution < -0.4 is 20.1 Å². The Balaban J connectivity index is 1.36. The minimum Gasteiger partial charge on any atom is -0.472 e. The number of hydrogen-bond acceptors (Lipinski definition) is 6. The molecule has 26 heavy (non-hydrogen) atoms. The predicted molar refractivity (Wildman–Crippen MR) is 99.9 cm³/mol. The third-order valence-corrected chi connectivity index (χ3v) is 5.44. The van der Waals surface area contributed by atoms with Crippen molar-refractivity contribution in [1.82, 2.24) is 10.2 Å². The summed E-state index contributed by atoms with van der Waals surface area (Å²) in [5.41, 5.74) is 1.75. The maximum atomic E-state index is 12.3. The van der Waals surface area contributed by atoms with Gasteiger partial charge in [-0.1, -0.05) is 0 Å². The first-order valence-corrected chi connectivity index (χ1v) is 9.73. The van der Waals surface area contributed by atoms with E-state index < -0.39 is 0 Å². The van der Waals surface area contributed by atoms with Gasteiger partial charge in [0.05, 0.1) is 18.6 Å². The van der Waals surface area contributed by atoms with Crippen LogP contribution in [0.25, 0.3) is 0 Å². The summed E-state index contributed by atoms with van der Waals surface area (Å²) in [4.78, 5) is 14.7. The number of nitrogens with one attached hydrogen (secondary N) is 2. The molecule has 2 aliphatic heterocycles. The smallest absolute Gasteiger partial charge is 0.319 e. The molecule has 0 bridgehead atoms. The summed E-state index contributed by atoms with van der Waals surface area (Å²) in [6.45, 7) is 2.74. The maximum Gasteiger partial charge on any atom is 0.319 e. The second kappa shape index (κ2) is 7.92. The zero-order chi connectivity index (χ0) is 17.8. The van der Waals surface area contributed by atoms with Crippen LogP contribution in [0.15, 0.2) is 41.2 Å². The first-order valence-electron chi connectivity index (χ1n) is 8.58. The zero-order valence-corrected chi connectivity index (χ0v) is 15.1. The minimum absolute atomic E-state index is 0.108. The molecule has 0 radical (unpaired) electrons. The predicted octanol–water partition coefficient (Wildman–Crippen LogP) is 2.92. The van der Waals surface area contributed by atoms with Gasteiger partial charge in [-0.3, -0.25) is 4.90 Å². The highest BCUT2D eigenvalue weighted by Gasteiger charge is 2.24. The zero-order valence-electron chi connectivity index (χ0n) is 14.3. The van der Waals surface area contributed by atoms with Gasteiger partial charge in [0.2, 0.25) is 6.79 Å². The standard InChI is InChI=1S/C18H21N3O4S/c22-18(20-14-1-2-16-17(9-14)25-12-24-16)19-10-15(13-3-6-23-11-13)21-4-7-26-8-5-21/h1-3,6,9,11,15H,4-5,7-8,10,12H2,(H2,19,20,22)/t15-/m1/s1. The van der Waals surface area contributed by atoms with Gasteiger partial charge in [-0.25, -0.2) is 4.79 Å². The van der Waals surface area contributed by atoms with Gasteiger partial charge in [0, 0.05) is 48.5 Å². The maximum absolute atomic E-state index is 12.3. The van der Waals surface area contributed by atoms with Crippen molar-refractivity contribution in [3.05, 3.63) is 42.4 Å². The second-order valence-corrected chi connectivity index (χ2v) is 7.35. The van der Waals surface area contributed by atoms with Gasteiger partial charge in [-0.2, -0.15) is 11.8 Å². The lowest BCUT2D eigenvalue weighted by molar-refractivity contribution is 0.174. The number of carbonyl (C=O) groups is 1. The molecule has 2 aliphatic rings. The number of rotatable bonds is 5. The first kappa shape index (κ1) is 17.1. The molecule has 0 aliphatic carbocycles. The quantitative estimate of drug-likeness (QED) is 0.837.